The van der Waals surface area contributed by atoms with Crippen molar-refractivity contribution in [3.8, 4) is 0 Å². The molecule has 0 spiro atoms. The van der Waals surface area contributed by atoms with Crippen LogP contribution >= 0.6 is 15.9 Å². The van der Waals surface area contributed by atoms with Crippen molar-refractivity contribution >= 4 is 21.8 Å². The third-order valence-electron chi connectivity index (χ3n) is 1.73. The summed E-state index contributed by atoms with van der Waals surface area (Å²) in [4.78, 5) is 13.6. The minimum absolute atomic E-state index is 0.153. The Labute approximate surface area is 83.4 Å². The van der Waals surface area contributed by atoms with Gasteiger partial charge in [0, 0.05) is 12.6 Å². The summed E-state index contributed by atoms with van der Waals surface area (Å²) in [5.74, 6) is 0.153. The highest BCUT2D eigenvalue weighted by atomic mass is 79.9. The van der Waals surface area contributed by atoms with Crippen molar-refractivity contribution in [2.45, 2.75) is 45.0 Å². The number of alkyl halides is 1. The zero-order valence-electron chi connectivity index (χ0n) is 8.52. The Hall–Kier alpha value is -0.0500. The molecule has 0 aromatic rings. The summed E-state index contributed by atoms with van der Waals surface area (Å²) in [6.07, 6.45) is 0. The van der Waals surface area contributed by atoms with Gasteiger partial charge in [0.05, 0.1) is 4.32 Å². The molecule has 0 aromatic heterocycles. The van der Waals surface area contributed by atoms with Crippen molar-refractivity contribution in [1.82, 2.24) is 4.90 Å². The fourth-order valence-electron chi connectivity index (χ4n) is 1.08. The molecule has 72 valence electrons. The standard InChI is InChI=1S/C9H18BrNO/c1-6-11(7(2)3)8(12)9(4,5)10/h7H,6H2,1-5H3. The molecule has 0 saturated carbocycles. The van der Waals surface area contributed by atoms with E-state index < -0.39 is 4.32 Å². The van der Waals surface area contributed by atoms with Crippen molar-refractivity contribution in [3.63, 3.8) is 0 Å². The molecule has 2 nitrogen and oxygen atoms in total. The molecule has 0 aromatic carbocycles. The summed E-state index contributed by atoms with van der Waals surface area (Å²) in [6, 6.07) is 0.277. The van der Waals surface area contributed by atoms with Crippen LogP contribution in [0.15, 0.2) is 0 Å². The normalized spacial score (nSPS) is 11.9. The van der Waals surface area contributed by atoms with Crippen LogP contribution in [0, 0.1) is 0 Å². The molecule has 3 heteroatoms. The first-order valence-corrected chi connectivity index (χ1v) is 5.10. The Morgan fingerprint density at radius 3 is 2.00 bits per heavy atom. The Balaban J connectivity index is 4.44. The molecular weight excluding hydrogens is 218 g/mol. The zero-order valence-corrected chi connectivity index (χ0v) is 10.1. The number of hydrogen-bond donors (Lipinski definition) is 0. The molecule has 0 radical (unpaired) electrons. The van der Waals surface area contributed by atoms with Crippen molar-refractivity contribution in [2.24, 2.45) is 0 Å². The highest BCUT2D eigenvalue weighted by molar-refractivity contribution is 9.10. The minimum Gasteiger partial charge on any atom is -0.339 e. The first-order valence-electron chi connectivity index (χ1n) is 4.30. The molecule has 0 aliphatic rings. The second kappa shape index (κ2) is 4.26. The van der Waals surface area contributed by atoms with E-state index >= 15 is 0 Å². The lowest BCUT2D eigenvalue weighted by molar-refractivity contribution is -0.134. The van der Waals surface area contributed by atoms with E-state index in [1.807, 2.05) is 39.5 Å². The number of amides is 1. The highest BCUT2D eigenvalue weighted by Crippen LogP contribution is 2.20. The molecule has 0 N–H and O–H groups in total. The minimum atomic E-state index is -0.437. The lowest BCUT2D eigenvalue weighted by atomic mass is 10.1. The van der Waals surface area contributed by atoms with E-state index in [-0.39, 0.29) is 11.9 Å². The van der Waals surface area contributed by atoms with E-state index in [0.29, 0.717) is 0 Å². The molecule has 0 unspecified atom stereocenters. The third-order valence-corrected chi connectivity index (χ3v) is 2.07. The van der Waals surface area contributed by atoms with Crippen molar-refractivity contribution in [1.29, 1.82) is 0 Å². The molecule has 0 heterocycles. The smallest absolute Gasteiger partial charge is 0.239 e. The molecule has 0 saturated heterocycles. The average molecular weight is 236 g/mol. The van der Waals surface area contributed by atoms with E-state index in [1.54, 1.807) is 0 Å². The van der Waals surface area contributed by atoms with Crippen LogP contribution < -0.4 is 0 Å². The first kappa shape index (κ1) is 11.9. The molecular formula is C9H18BrNO. The van der Waals surface area contributed by atoms with Crippen molar-refractivity contribution in [3.05, 3.63) is 0 Å². The van der Waals surface area contributed by atoms with E-state index in [4.69, 9.17) is 0 Å². The zero-order chi connectivity index (χ0) is 9.94. The van der Waals surface area contributed by atoms with Crippen LogP contribution in [0.2, 0.25) is 0 Å². The summed E-state index contributed by atoms with van der Waals surface area (Å²) < 4.78 is -0.437. The van der Waals surface area contributed by atoms with Crippen LogP contribution in [0.1, 0.15) is 34.6 Å². The first-order chi connectivity index (χ1) is 5.30. The van der Waals surface area contributed by atoms with Crippen LogP contribution in [0.4, 0.5) is 0 Å². The van der Waals surface area contributed by atoms with Crippen molar-refractivity contribution in [2.75, 3.05) is 6.54 Å². The van der Waals surface area contributed by atoms with Gasteiger partial charge in [-0.1, -0.05) is 15.9 Å². The quantitative estimate of drug-likeness (QED) is 0.689. The molecule has 12 heavy (non-hydrogen) atoms. The van der Waals surface area contributed by atoms with E-state index in [2.05, 4.69) is 15.9 Å². The maximum atomic E-state index is 11.7. The summed E-state index contributed by atoms with van der Waals surface area (Å²) in [6.45, 7) is 10.6. The third kappa shape index (κ3) is 3.13. The SMILES string of the molecule is CCN(C(=O)C(C)(C)Br)C(C)C. The van der Waals surface area contributed by atoms with Gasteiger partial charge in [0.25, 0.3) is 0 Å². The van der Waals surface area contributed by atoms with Gasteiger partial charge in [-0.05, 0) is 34.6 Å². The lowest BCUT2D eigenvalue weighted by Gasteiger charge is -2.30. The molecule has 0 rings (SSSR count). The van der Waals surface area contributed by atoms with Crippen LogP contribution in [0.25, 0.3) is 0 Å². The Bertz CT molecular complexity index is 160. The lowest BCUT2D eigenvalue weighted by Crippen LogP contribution is -2.45. The molecule has 0 aliphatic carbocycles. The van der Waals surface area contributed by atoms with Gasteiger partial charge in [-0.15, -0.1) is 0 Å². The van der Waals surface area contributed by atoms with Gasteiger partial charge in [0.15, 0.2) is 0 Å². The maximum absolute atomic E-state index is 11.7. The number of rotatable bonds is 3. The molecule has 1 amide bonds. The van der Waals surface area contributed by atoms with Gasteiger partial charge in [-0.25, -0.2) is 0 Å². The molecule has 0 atom stereocenters. The number of nitrogens with zero attached hydrogens (tertiary/aromatic N) is 1. The summed E-state index contributed by atoms with van der Waals surface area (Å²) in [7, 11) is 0. The summed E-state index contributed by atoms with van der Waals surface area (Å²) >= 11 is 3.36. The van der Waals surface area contributed by atoms with Gasteiger partial charge in [-0.3, -0.25) is 4.79 Å². The van der Waals surface area contributed by atoms with Gasteiger partial charge >= 0.3 is 0 Å². The number of carbonyl (C=O) groups excluding carboxylic acids is 1. The predicted molar refractivity (Wildman–Crippen MR) is 55.5 cm³/mol. The van der Waals surface area contributed by atoms with Gasteiger partial charge < -0.3 is 4.90 Å². The largest absolute Gasteiger partial charge is 0.339 e. The van der Waals surface area contributed by atoms with Crippen LogP contribution in [-0.2, 0) is 4.79 Å². The Morgan fingerprint density at radius 2 is 1.92 bits per heavy atom. The molecule has 0 aliphatic heterocycles. The topological polar surface area (TPSA) is 20.3 Å². The molecule has 0 fully saturated rings. The molecule has 0 bridgehead atoms. The summed E-state index contributed by atoms with van der Waals surface area (Å²) in [5, 5.41) is 0. The van der Waals surface area contributed by atoms with E-state index in [9.17, 15) is 4.79 Å². The number of carbonyl (C=O) groups is 1. The van der Waals surface area contributed by atoms with Crippen LogP contribution in [0.3, 0.4) is 0 Å². The van der Waals surface area contributed by atoms with E-state index in [1.165, 1.54) is 0 Å². The van der Waals surface area contributed by atoms with E-state index in [0.717, 1.165) is 6.54 Å². The van der Waals surface area contributed by atoms with Gasteiger partial charge in [0.1, 0.15) is 0 Å². The van der Waals surface area contributed by atoms with Crippen molar-refractivity contribution < 1.29 is 4.79 Å². The monoisotopic (exact) mass is 235 g/mol. The van der Waals surface area contributed by atoms with Gasteiger partial charge in [0.2, 0.25) is 5.91 Å². The fourth-order valence-corrected chi connectivity index (χ4v) is 1.31. The summed E-state index contributed by atoms with van der Waals surface area (Å²) in [5.41, 5.74) is 0. The number of hydrogen-bond acceptors (Lipinski definition) is 1. The highest BCUT2D eigenvalue weighted by Gasteiger charge is 2.29. The maximum Gasteiger partial charge on any atom is 0.239 e. The fraction of sp³-hybridized carbons (Fsp3) is 0.889. The van der Waals surface area contributed by atoms with Crippen LogP contribution in [0.5, 0.6) is 0 Å². The Kier molecular flexibility index (Phi) is 4.24. The second-order valence-corrected chi connectivity index (χ2v) is 5.64. The predicted octanol–water partition coefficient (Wildman–Crippen LogP) is 2.42. The Morgan fingerprint density at radius 1 is 1.50 bits per heavy atom. The average Bonchev–Trinajstić information content (AvgIpc) is 1.86. The second-order valence-electron chi connectivity index (χ2n) is 3.66. The van der Waals surface area contributed by atoms with Gasteiger partial charge in [-0.2, -0.15) is 0 Å². The van der Waals surface area contributed by atoms with Crippen LogP contribution in [-0.4, -0.2) is 27.7 Å². The number of halogens is 1.